The first kappa shape index (κ1) is 16.4. The lowest BCUT2D eigenvalue weighted by Crippen LogP contribution is -2.51. The smallest absolute Gasteiger partial charge is 0.236 e. The first-order valence-electron chi connectivity index (χ1n) is 7.43. The van der Waals surface area contributed by atoms with Crippen molar-refractivity contribution in [1.29, 1.82) is 0 Å². The van der Waals surface area contributed by atoms with Crippen LogP contribution in [0.5, 0.6) is 0 Å². The normalized spacial score (nSPS) is 18.2. The number of aliphatic hydroxyl groups excluding tert-OH is 1. The van der Waals surface area contributed by atoms with Gasteiger partial charge in [-0.25, -0.2) is 0 Å². The maximum Gasteiger partial charge on any atom is 0.236 e. The van der Waals surface area contributed by atoms with Gasteiger partial charge in [0.25, 0.3) is 0 Å². The summed E-state index contributed by atoms with van der Waals surface area (Å²) >= 11 is 1.79. The molecule has 5 nitrogen and oxygen atoms in total. The maximum atomic E-state index is 12.2. The van der Waals surface area contributed by atoms with E-state index in [4.69, 9.17) is 5.11 Å². The van der Waals surface area contributed by atoms with Gasteiger partial charge in [0.1, 0.15) is 0 Å². The van der Waals surface area contributed by atoms with E-state index < -0.39 is 0 Å². The largest absolute Gasteiger partial charge is 0.395 e. The average Bonchev–Trinajstić information content (AvgIpc) is 2.99. The maximum absolute atomic E-state index is 12.2. The molecule has 2 rings (SSSR count). The third-order valence-electron chi connectivity index (χ3n) is 4.09. The van der Waals surface area contributed by atoms with Gasteiger partial charge in [-0.2, -0.15) is 0 Å². The standard InChI is InChI=1S/C15H25N3O2S/c1-13(12-19)16(2)11-15(20)18-7-5-17(6-8-18)10-14-4-3-9-21-14/h3-4,9,13,19H,5-8,10-12H2,1-2H3. The summed E-state index contributed by atoms with van der Waals surface area (Å²) < 4.78 is 0. The number of hydrogen-bond acceptors (Lipinski definition) is 5. The number of rotatable bonds is 6. The molecule has 118 valence electrons. The molecule has 21 heavy (non-hydrogen) atoms. The average molecular weight is 311 g/mol. The van der Waals surface area contributed by atoms with Crippen molar-refractivity contribution in [2.24, 2.45) is 0 Å². The van der Waals surface area contributed by atoms with Crippen LogP contribution in [0.2, 0.25) is 0 Å². The van der Waals surface area contributed by atoms with E-state index in [1.54, 1.807) is 11.3 Å². The highest BCUT2D eigenvalue weighted by atomic mass is 32.1. The van der Waals surface area contributed by atoms with Crippen LogP contribution in [-0.4, -0.2) is 78.1 Å². The molecule has 1 aliphatic heterocycles. The Morgan fingerprint density at radius 3 is 2.71 bits per heavy atom. The van der Waals surface area contributed by atoms with Crippen LogP contribution in [0.3, 0.4) is 0 Å². The van der Waals surface area contributed by atoms with Gasteiger partial charge < -0.3 is 10.0 Å². The summed E-state index contributed by atoms with van der Waals surface area (Å²) in [6.45, 7) is 6.83. The molecule has 6 heteroatoms. The molecule has 0 radical (unpaired) electrons. The van der Waals surface area contributed by atoms with Gasteiger partial charge in [-0.3, -0.25) is 14.6 Å². The summed E-state index contributed by atoms with van der Waals surface area (Å²) in [6.07, 6.45) is 0. The molecule has 0 aliphatic carbocycles. The Bertz CT molecular complexity index is 430. The first-order valence-corrected chi connectivity index (χ1v) is 8.31. The predicted molar refractivity (Wildman–Crippen MR) is 85.4 cm³/mol. The van der Waals surface area contributed by atoms with Crippen LogP contribution in [-0.2, 0) is 11.3 Å². The van der Waals surface area contributed by atoms with Crippen molar-refractivity contribution in [1.82, 2.24) is 14.7 Å². The molecule has 1 aliphatic rings. The number of aliphatic hydroxyl groups is 1. The van der Waals surface area contributed by atoms with Gasteiger partial charge in [0.05, 0.1) is 13.2 Å². The molecule has 0 saturated carbocycles. The second-order valence-corrected chi connectivity index (χ2v) is 6.72. The van der Waals surface area contributed by atoms with Crippen molar-refractivity contribution in [3.05, 3.63) is 22.4 Å². The van der Waals surface area contributed by atoms with Crippen molar-refractivity contribution in [2.45, 2.75) is 19.5 Å². The van der Waals surface area contributed by atoms with Crippen molar-refractivity contribution in [3.8, 4) is 0 Å². The highest BCUT2D eigenvalue weighted by Gasteiger charge is 2.23. The minimum atomic E-state index is 0.0223. The first-order chi connectivity index (χ1) is 10.1. The van der Waals surface area contributed by atoms with Crippen molar-refractivity contribution < 1.29 is 9.90 Å². The lowest BCUT2D eigenvalue weighted by Gasteiger charge is -2.35. The van der Waals surface area contributed by atoms with E-state index in [-0.39, 0.29) is 18.6 Å². The molecular formula is C15H25N3O2S. The Labute approximate surface area is 130 Å². The van der Waals surface area contributed by atoms with E-state index in [0.29, 0.717) is 6.54 Å². The lowest BCUT2D eigenvalue weighted by atomic mass is 10.2. The van der Waals surface area contributed by atoms with E-state index in [2.05, 4.69) is 22.4 Å². The van der Waals surface area contributed by atoms with Gasteiger partial charge in [0.15, 0.2) is 0 Å². The van der Waals surface area contributed by atoms with Crippen LogP contribution in [0.25, 0.3) is 0 Å². The Hall–Kier alpha value is -0.950. The molecule has 1 amide bonds. The van der Waals surface area contributed by atoms with Gasteiger partial charge in [0.2, 0.25) is 5.91 Å². The monoisotopic (exact) mass is 311 g/mol. The molecular weight excluding hydrogens is 286 g/mol. The minimum absolute atomic E-state index is 0.0223. The quantitative estimate of drug-likeness (QED) is 0.840. The summed E-state index contributed by atoms with van der Waals surface area (Å²) in [5.74, 6) is 0.161. The Morgan fingerprint density at radius 2 is 2.14 bits per heavy atom. The second kappa shape index (κ2) is 7.89. The van der Waals surface area contributed by atoms with E-state index in [1.807, 2.05) is 23.8 Å². The van der Waals surface area contributed by atoms with E-state index in [0.717, 1.165) is 32.7 Å². The zero-order valence-electron chi connectivity index (χ0n) is 12.9. The summed E-state index contributed by atoms with van der Waals surface area (Å²) in [5, 5.41) is 11.2. The second-order valence-electron chi connectivity index (χ2n) is 5.68. The number of hydrogen-bond donors (Lipinski definition) is 1. The zero-order valence-corrected chi connectivity index (χ0v) is 13.7. The number of nitrogens with zero attached hydrogens (tertiary/aromatic N) is 3. The summed E-state index contributed by atoms with van der Waals surface area (Å²) in [6, 6.07) is 4.26. The van der Waals surface area contributed by atoms with Crippen molar-refractivity contribution >= 4 is 17.2 Å². The van der Waals surface area contributed by atoms with Gasteiger partial charge in [-0.1, -0.05) is 6.07 Å². The fraction of sp³-hybridized carbons (Fsp3) is 0.667. The van der Waals surface area contributed by atoms with E-state index in [9.17, 15) is 4.79 Å². The minimum Gasteiger partial charge on any atom is -0.395 e. The highest BCUT2D eigenvalue weighted by molar-refractivity contribution is 7.09. The van der Waals surface area contributed by atoms with Crippen molar-refractivity contribution in [3.63, 3.8) is 0 Å². The molecule has 0 aromatic carbocycles. The van der Waals surface area contributed by atoms with Crippen LogP contribution in [0.4, 0.5) is 0 Å². The molecule has 1 aromatic rings. The molecule has 1 saturated heterocycles. The summed E-state index contributed by atoms with van der Waals surface area (Å²) in [5.41, 5.74) is 0. The summed E-state index contributed by atoms with van der Waals surface area (Å²) in [4.78, 5) is 19.9. The number of thiophene rings is 1. The molecule has 1 N–H and O–H groups in total. The van der Waals surface area contributed by atoms with Crippen LogP contribution in [0, 0.1) is 0 Å². The third-order valence-corrected chi connectivity index (χ3v) is 4.95. The van der Waals surface area contributed by atoms with Crippen LogP contribution in [0.1, 0.15) is 11.8 Å². The molecule has 0 bridgehead atoms. The van der Waals surface area contributed by atoms with Crippen LogP contribution < -0.4 is 0 Å². The van der Waals surface area contributed by atoms with Gasteiger partial charge in [0, 0.05) is 43.6 Å². The summed E-state index contributed by atoms with van der Waals surface area (Å²) in [7, 11) is 1.88. The van der Waals surface area contributed by atoms with Crippen LogP contribution >= 0.6 is 11.3 Å². The fourth-order valence-electron chi connectivity index (χ4n) is 2.39. The zero-order chi connectivity index (χ0) is 15.2. The fourth-order valence-corrected chi connectivity index (χ4v) is 3.13. The topological polar surface area (TPSA) is 47.0 Å². The molecule has 1 aromatic heterocycles. The molecule has 0 spiro atoms. The van der Waals surface area contributed by atoms with Crippen LogP contribution in [0.15, 0.2) is 17.5 Å². The lowest BCUT2D eigenvalue weighted by molar-refractivity contribution is -0.134. The van der Waals surface area contributed by atoms with Gasteiger partial charge in [-0.15, -0.1) is 11.3 Å². The predicted octanol–water partition coefficient (Wildman–Crippen LogP) is 0.705. The third kappa shape index (κ3) is 4.78. The number of amides is 1. The van der Waals surface area contributed by atoms with Gasteiger partial charge >= 0.3 is 0 Å². The highest BCUT2D eigenvalue weighted by Crippen LogP contribution is 2.13. The Balaban J connectivity index is 1.74. The molecule has 1 fully saturated rings. The Morgan fingerprint density at radius 1 is 1.43 bits per heavy atom. The molecule has 2 heterocycles. The Kier molecular flexibility index (Phi) is 6.17. The van der Waals surface area contributed by atoms with Gasteiger partial charge in [-0.05, 0) is 25.4 Å². The molecule has 1 atom stereocenters. The van der Waals surface area contributed by atoms with E-state index >= 15 is 0 Å². The SMILES string of the molecule is CC(CO)N(C)CC(=O)N1CCN(Cc2cccs2)CC1. The van der Waals surface area contributed by atoms with Crippen molar-refractivity contribution in [2.75, 3.05) is 46.4 Å². The number of carbonyl (C=O) groups is 1. The number of piperazine rings is 1. The molecule has 1 unspecified atom stereocenters. The van der Waals surface area contributed by atoms with E-state index in [1.165, 1.54) is 4.88 Å². The number of likely N-dealkylation sites (N-methyl/N-ethyl adjacent to an activating group) is 1. The number of carbonyl (C=O) groups excluding carboxylic acids is 1.